The zero-order chi connectivity index (χ0) is 22.2. The lowest BCUT2D eigenvalue weighted by Gasteiger charge is -2.12. The summed E-state index contributed by atoms with van der Waals surface area (Å²) in [5.74, 6) is 0.00157. The summed E-state index contributed by atoms with van der Waals surface area (Å²) in [5.41, 5.74) is -1.19. The summed E-state index contributed by atoms with van der Waals surface area (Å²) in [5, 5.41) is 4.12. The van der Waals surface area contributed by atoms with Gasteiger partial charge in [0.05, 0.1) is 16.5 Å². The van der Waals surface area contributed by atoms with Crippen molar-refractivity contribution in [2.45, 2.75) is 32.6 Å². The molecule has 160 valence electrons. The Hall–Kier alpha value is -3.69. The first-order chi connectivity index (χ1) is 14.8. The van der Waals surface area contributed by atoms with Gasteiger partial charge >= 0.3 is 11.9 Å². The van der Waals surface area contributed by atoms with Gasteiger partial charge in [-0.2, -0.15) is 18.2 Å². The molecule has 0 saturated carbocycles. The van der Waals surface area contributed by atoms with Crippen LogP contribution in [0.2, 0.25) is 0 Å². The largest absolute Gasteiger partial charge is 0.416 e. The highest BCUT2D eigenvalue weighted by atomic mass is 19.4. The van der Waals surface area contributed by atoms with E-state index in [1.807, 2.05) is 6.92 Å². The van der Waals surface area contributed by atoms with Crippen LogP contribution in [0.4, 0.5) is 13.2 Å². The molecule has 31 heavy (non-hydrogen) atoms. The smallest absolute Gasteiger partial charge is 0.337 e. The average molecular weight is 430 g/mol. The minimum atomic E-state index is -4.50. The van der Waals surface area contributed by atoms with Gasteiger partial charge in [0.15, 0.2) is 0 Å². The number of alkyl halides is 3. The van der Waals surface area contributed by atoms with Crippen molar-refractivity contribution in [2.24, 2.45) is 0 Å². The Morgan fingerprint density at radius 2 is 1.81 bits per heavy atom. The summed E-state index contributed by atoms with van der Waals surface area (Å²) in [7, 11) is 0. The molecular formula is C21H17F3N4O3. The Morgan fingerprint density at radius 1 is 1.03 bits per heavy atom. The van der Waals surface area contributed by atoms with Crippen molar-refractivity contribution >= 4 is 10.9 Å². The van der Waals surface area contributed by atoms with Crippen LogP contribution in [0.3, 0.4) is 0 Å². The van der Waals surface area contributed by atoms with Crippen molar-refractivity contribution in [3.8, 4) is 11.4 Å². The number of rotatable bonds is 5. The van der Waals surface area contributed by atoms with Crippen LogP contribution < -0.4 is 11.2 Å². The van der Waals surface area contributed by atoms with Crippen LogP contribution in [-0.4, -0.2) is 19.3 Å². The zero-order valence-electron chi connectivity index (χ0n) is 16.4. The average Bonchev–Trinajstić information content (AvgIpc) is 3.22. The van der Waals surface area contributed by atoms with Gasteiger partial charge in [0, 0.05) is 12.1 Å². The second-order valence-corrected chi connectivity index (χ2v) is 6.93. The van der Waals surface area contributed by atoms with E-state index >= 15 is 0 Å². The van der Waals surface area contributed by atoms with Gasteiger partial charge < -0.3 is 4.52 Å². The van der Waals surface area contributed by atoms with E-state index in [4.69, 9.17) is 4.52 Å². The van der Waals surface area contributed by atoms with Crippen molar-refractivity contribution in [3.05, 3.63) is 80.8 Å². The molecule has 0 fully saturated rings. The number of nitrogens with zero attached hydrogens (tertiary/aromatic N) is 4. The second kappa shape index (κ2) is 7.86. The molecule has 4 aromatic rings. The summed E-state index contributed by atoms with van der Waals surface area (Å²) in [4.78, 5) is 29.7. The zero-order valence-corrected chi connectivity index (χ0v) is 16.4. The molecule has 4 rings (SSSR count). The molecule has 0 N–H and O–H groups in total. The fourth-order valence-corrected chi connectivity index (χ4v) is 3.35. The molecule has 0 atom stereocenters. The normalized spacial score (nSPS) is 11.9. The summed E-state index contributed by atoms with van der Waals surface area (Å²) in [6.07, 6.45) is -3.91. The Kier molecular flexibility index (Phi) is 5.22. The van der Waals surface area contributed by atoms with Crippen molar-refractivity contribution in [1.29, 1.82) is 0 Å². The van der Waals surface area contributed by atoms with Gasteiger partial charge in [-0.1, -0.05) is 36.3 Å². The third-order valence-electron chi connectivity index (χ3n) is 4.79. The SMILES string of the molecule is CCCn1c(=O)c2ccccc2n(Cc2nc(-c3cccc(C(F)(F)F)c3)no2)c1=O. The third kappa shape index (κ3) is 3.88. The summed E-state index contributed by atoms with van der Waals surface area (Å²) >= 11 is 0. The highest BCUT2D eigenvalue weighted by molar-refractivity contribution is 5.77. The molecule has 0 unspecified atom stereocenters. The van der Waals surface area contributed by atoms with E-state index in [1.54, 1.807) is 24.3 Å². The molecule has 0 bridgehead atoms. The molecule has 0 aliphatic carbocycles. The van der Waals surface area contributed by atoms with E-state index in [9.17, 15) is 22.8 Å². The number of fused-ring (bicyclic) bond motifs is 1. The maximum absolute atomic E-state index is 13.0. The molecule has 2 aromatic heterocycles. The molecule has 2 aromatic carbocycles. The van der Waals surface area contributed by atoms with Crippen LogP contribution in [0, 0.1) is 0 Å². The van der Waals surface area contributed by atoms with E-state index in [1.165, 1.54) is 16.7 Å². The molecule has 0 amide bonds. The van der Waals surface area contributed by atoms with E-state index in [0.717, 1.165) is 16.7 Å². The van der Waals surface area contributed by atoms with Crippen molar-refractivity contribution < 1.29 is 17.7 Å². The molecule has 7 nitrogen and oxygen atoms in total. The van der Waals surface area contributed by atoms with Gasteiger partial charge in [0.2, 0.25) is 11.7 Å². The van der Waals surface area contributed by atoms with Crippen LogP contribution in [-0.2, 0) is 19.3 Å². The van der Waals surface area contributed by atoms with Gasteiger partial charge in [0.25, 0.3) is 5.56 Å². The van der Waals surface area contributed by atoms with Gasteiger partial charge in [0.1, 0.15) is 6.54 Å². The molecule has 0 spiro atoms. The molecular weight excluding hydrogens is 413 g/mol. The van der Waals surface area contributed by atoms with Crippen molar-refractivity contribution in [3.63, 3.8) is 0 Å². The first-order valence-electron chi connectivity index (χ1n) is 9.52. The topological polar surface area (TPSA) is 82.9 Å². The van der Waals surface area contributed by atoms with Crippen LogP contribution in [0.1, 0.15) is 24.8 Å². The van der Waals surface area contributed by atoms with Crippen LogP contribution in [0.25, 0.3) is 22.3 Å². The lowest BCUT2D eigenvalue weighted by molar-refractivity contribution is -0.137. The number of para-hydroxylation sites is 1. The lowest BCUT2D eigenvalue weighted by Crippen LogP contribution is -2.40. The third-order valence-corrected chi connectivity index (χ3v) is 4.79. The maximum Gasteiger partial charge on any atom is 0.416 e. The standard InChI is InChI=1S/C21H17F3N4O3/c1-2-10-27-19(29)15-8-3-4-9-16(15)28(20(27)30)12-17-25-18(26-31-17)13-6-5-7-14(11-13)21(22,23)24/h3-9,11H,2,10,12H2,1H3. The quantitative estimate of drug-likeness (QED) is 0.482. The Morgan fingerprint density at radius 3 is 2.55 bits per heavy atom. The van der Waals surface area contributed by atoms with Gasteiger partial charge in [-0.05, 0) is 30.7 Å². The number of benzene rings is 2. The molecule has 2 heterocycles. The summed E-state index contributed by atoms with van der Waals surface area (Å²) in [6.45, 7) is 1.97. The number of halogens is 3. The van der Waals surface area contributed by atoms with Crippen molar-refractivity contribution in [2.75, 3.05) is 0 Å². The monoisotopic (exact) mass is 430 g/mol. The van der Waals surface area contributed by atoms with Gasteiger partial charge in [-0.15, -0.1) is 0 Å². The van der Waals surface area contributed by atoms with Crippen LogP contribution in [0.5, 0.6) is 0 Å². The molecule has 0 aliphatic rings. The molecule has 0 radical (unpaired) electrons. The van der Waals surface area contributed by atoms with E-state index < -0.39 is 17.4 Å². The van der Waals surface area contributed by atoms with E-state index in [2.05, 4.69) is 10.1 Å². The van der Waals surface area contributed by atoms with Crippen molar-refractivity contribution in [1.82, 2.24) is 19.3 Å². The second-order valence-electron chi connectivity index (χ2n) is 6.93. The number of hydrogen-bond acceptors (Lipinski definition) is 5. The fourth-order valence-electron chi connectivity index (χ4n) is 3.35. The Balaban J connectivity index is 1.76. The predicted octanol–water partition coefficient (Wildman–Crippen LogP) is 3.69. The minimum Gasteiger partial charge on any atom is -0.337 e. The fraction of sp³-hybridized carbons (Fsp3) is 0.238. The Labute approximate surface area is 173 Å². The van der Waals surface area contributed by atoms with E-state index in [-0.39, 0.29) is 35.9 Å². The predicted molar refractivity (Wildman–Crippen MR) is 107 cm³/mol. The first-order valence-corrected chi connectivity index (χ1v) is 9.52. The van der Waals surface area contributed by atoms with Gasteiger partial charge in [-0.25, -0.2) is 4.79 Å². The van der Waals surface area contributed by atoms with Gasteiger partial charge in [-0.3, -0.25) is 13.9 Å². The number of hydrogen-bond donors (Lipinski definition) is 0. The first kappa shape index (κ1) is 20.6. The van der Waals surface area contributed by atoms with Crippen LogP contribution >= 0.6 is 0 Å². The maximum atomic E-state index is 13.0. The lowest BCUT2D eigenvalue weighted by atomic mass is 10.1. The Bertz CT molecular complexity index is 1370. The highest BCUT2D eigenvalue weighted by Gasteiger charge is 2.30. The molecule has 10 heteroatoms. The van der Waals surface area contributed by atoms with E-state index in [0.29, 0.717) is 17.3 Å². The van der Waals surface area contributed by atoms with Crippen LogP contribution in [0.15, 0.2) is 62.6 Å². The molecule has 0 aliphatic heterocycles. The number of aromatic nitrogens is 4. The highest BCUT2D eigenvalue weighted by Crippen LogP contribution is 2.31. The minimum absolute atomic E-state index is 0.0275. The summed E-state index contributed by atoms with van der Waals surface area (Å²) < 4.78 is 46.6. The summed E-state index contributed by atoms with van der Waals surface area (Å²) in [6, 6.07) is 11.2. The molecule has 0 saturated heterocycles.